The van der Waals surface area contributed by atoms with Crippen LogP contribution in [0.5, 0.6) is 0 Å². The van der Waals surface area contributed by atoms with Crippen LogP contribution in [0.25, 0.3) is 0 Å². The first kappa shape index (κ1) is 17.0. The van der Waals surface area contributed by atoms with E-state index in [1.807, 2.05) is 40.7 Å². The summed E-state index contributed by atoms with van der Waals surface area (Å²) >= 11 is 0. The van der Waals surface area contributed by atoms with Gasteiger partial charge in [-0.05, 0) is 53.4 Å². The summed E-state index contributed by atoms with van der Waals surface area (Å²) in [5, 5.41) is 0. The monoisotopic (exact) mass is 283 g/mol. The van der Waals surface area contributed by atoms with Gasteiger partial charge in [-0.3, -0.25) is 4.90 Å². The van der Waals surface area contributed by atoms with Crippen LogP contribution in [0.2, 0.25) is 0 Å². The zero-order chi connectivity index (χ0) is 15.6. The Balaban J connectivity index is 2.80. The van der Waals surface area contributed by atoms with Gasteiger partial charge in [0.25, 0.3) is 0 Å². The number of allylic oxidation sites excluding steroid dienone is 1. The summed E-state index contributed by atoms with van der Waals surface area (Å²) in [6.45, 7) is 16.0. The first-order valence-corrected chi connectivity index (χ1v) is 7.34. The maximum atomic E-state index is 12.4. The van der Waals surface area contributed by atoms with Crippen LogP contribution in [0.1, 0.15) is 54.4 Å². The van der Waals surface area contributed by atoms with E-state index >= 15 is 0 Å². The topological polar surface area (TPSA) is 38.8 Å². The van der Waals surface area contributed by atoms with E-state index in [2.05, 4.69) is 13.5 Å². The predicted molar refractivity (Wildman–Crippen MR) is 80.5 cm³/mol. The minimum atomic E-state index is -0.610. The first-order valence-electron chi connectivity index (χ1n) is 7.34. The number of nitrogens with zero attached hydrogens (tertiary/aromatic N) is 1. The minimum absolute atomic E-state index is 0.0646. The largest absolute Gasteiger partial charge is 0.444 e. The molecule has 2 atom stereocenters. The van der Waals surface area contributed by atoms with Crippen molar-refractivity contribution in [3.63, 3.8) is 0 Å². The maximum Gasteiger partial charge on any atom is 0.412 e. The molecule has 1 fully saturated rings. The van der Waals surface area contributed by atoms with Crippen LogP contribution in [0.4, 0.5) is 4.79 Å². The Morgan fingerprint density at radius 2 is 2.15 bits per heavy atom. The smallest absolute Gasteiger partial charge is 0.412 e. The van der Waals surface area contributed by atoms with Crippen molar-refractivity contribution in [1.82, 2.24) is 4.90 Å². The highest BCUT2D eigenvalue weighted by molar-refractivity contribution is 5.69. The molecule has 1 amide bonds. The fraction of sp³-hybridized carbons (Fsp3) is 0.812. The van der Waals surface area contributed by atoms with Crippen molar-refractivity contribution in [3.8, 4) is 0 Å². The number of rotatable bonds is 4. The van der Waals surface area contributed by atoms with Crippen molar-refractivity contribution in [1.29, 1.82) is 0 Å². The minimum Gasteiger partial charge on any atom is -0.444 e. The Labute approximate surface area is 123 Å². The molecule has 2 unspecified atom stereocenters. The Bertz CT molecular complexity index is 357. The molecule has 0 spiro atoms. The number of amides is 1. The summed E-state index contributed by atoms with van der Waals surface area (Å²) in [5.74, 6) is 0.472. The highest BCUT2D eigenvalue weighted by Gasteiger charge is 2.45. The zero-order valence-electron chi connectivity index (χ0n) is 13.7. The summed E-state index contributed by atoms with van der Waals surface area (Å²) in [6.07, 6.45) is 3.47. The van der Waals surface area contributed by atoms with Crippen LogP contribution in [0.15, 0.2) is 12.7 Å². The molecule has 4 nitrogen and oxygen atoms in total. The normalized spacial score (nSPS) is 23.5. The standard InChI is InChI=1S/C16H29NO3/c1-8-9-12(2)10-13-11-19-16(6,7)17(13)14(18)20-15(3,4)5/h8,12-13H,1,9-11H2,2-7H3. The van der Waals surface area contributed by atoms with E-state index in [1.165, 1.54) is 0 Å². The number of carbonyl (C=O) groups is 1. The molecule has 0 N–H and O–H groups in total. The Morgan fingerprint density at radius 1 is 1.55 bits per heavy atom. The lowest BCUT2D eigenvalue weighted by Crippen LogP contribution is -2.50. The Morgan fingerprint density at radius 3 is 2.65 bits per heavy atom. The van der Waals surface area contributed by atoms with Crippen molar-refractivity contribution in [2.45, 2.75) is 71.8 Å². The Kier molecular flexibility index (Phi) is 5.25. The quantitative estimate of drug-likeness (QED) is 0.733. The average molecular weight is 283 g/mol. The van der Waals surface area contributed by atoms with Crippen LogP contribution < -0.4 is 0 Å². The molecular formula is C16H29NO3. The molecular weight excluding hydrogens is 254 g/mol. The number of ether oxygens (including phenoxy) is 2. The number of hydrogen-bond acceptors (Lipinski definition) is 3. The molecule has 0 aromatic carbocycles. The molecule has 1 aliphatic heterocycles. The van der Waals surface area contributed by atoms with Crippen LogP contribution >= 0.6 is 0 Å². The second-order valence-corrected chi connectivity index (χ2v) is 7.13. The van der Waals surface area contributed by atoms with E-state index in [0.29, 0.717) is 12.5 Å². The third-order valence-electron chi connectivity index (χ3n) is 3.41. The van der Waals surface area contributed by atoms with Gasteiger partial charge in [-0.2, -0.15) is 0 Å². The second-order valence-electron chi connectivity index (χ2n) is 7.13. The van der Waals surface area contributed by atoms with E-state index < -0.39 is 11.3 Å². The van der Waals surface area contributed by atoms with Crippen molar-refractivity contribution in [2.75, 3.05) is 6.61 Å². The fourth-order valence-corrected chi connectivity index (χ4v) is 2.58. The van der Waals surface area contributed by atoms with E-state index in [4.69, 9.17) is 9.47 Å². The third-order valence-corrected chi connectivity index (χ3v) is 3.41. The molecule has 20 heavy (non-hydrogen) atoms. The summed E-state index contributed by atoms with van der Waals surface area (Å²) in [4.78, 5) is 14.2. The summed E-state index contributed by atoms with van der Waals surface area (Å²) < 4.78 is 11.3. The molecule has 1 saturated heterocycles. The van der Waals surface area contributed by atoms with Crippen molar-refractivity contribution < 1.29 is 14.3 Å². The second kappa shape index (κ2) is 6.17. The molecule has 4 heteroatoms. The van der Waals surface area contributed by atoms with Gasteiger partial charge in [0.15, 0.2) is 0 Å². The van der Waals surface area contributed by atoms with Crippen molar-refractivity contribution in [3.05, 3.63) is 12.7 Å². The van der Waals surface area contributed by atoms with Crippen LogP contribution in [-0.2, 0) is 9.47 Å². The van der Waals surface area contributed by atoms with Gasteiger partial charge in [0.05, 0.1) is 12.6 Å². The van der Waals surface area contributed by atoms with E-state index in [-0.39, 0.29) is 12.1 Å². The molecule has 0 aromatic rings. The van der Waals surface area contributed by atoms with Crippen molar-refractivity contribution in [2.24, 2.45) is 5.92 Å². The van der Waals surface area contributed by atoms with Crippen LogP contribution in [-0.4, -0.2) is 35.0 Å². The van der Waals surface area contributed by atoms with Crippen LogP contribution in [0, 0.1) is 5.92 Å². The summed E-state index contributed by atoms with van der Waals surface area (Å²) in [6, 6.07) is 0.0646. The molecule has 0 bridgehead atoms. The Hall–Kier alpha value is -1.03. The van der Waals surface area contributed by atoms with Gasteiger partial charge in [-0.25, -0.2) is 4.79 Å². The molecule has 116 valence electrons. The first-order chi connectivity index (χ1) is 9.07. The lowest BCUT2D eigenvalue weighted by molar-refractivity contribution is -0.0630. The van der Waals surface area contributed by atoms with Gasteiger partial charge in [0, 0.05) is 0 Å². The van der Waals surface area contributed by atoms with Crippen molar-refractivity contribution >= 4 is 6.09 Å². The van der Waals surface area contributed by atoms with E-state index in [9.17, 15) is 4.79 Å². The predicted octanol–water partition coefficient (Wildman–Crippen LogP) is 3.96. The van der Waals surface area contributed by atoms with E-state index in [0.717, 1.165) is 12.8 Å². The summed E-state index contributed by atoms with van der Waals surface area (Å²) in [5.41, 5.74) is -1.10. The molecule has 0 radical (unpaired) electrons. The molecule has 0 saturated carbocycles. The average Bonchev–Trinajstić information content (AvgIpc) is 2.51. The highest BCUT2D eigenvalue weighted by atomic mass is 16.6. The summed E-state index contributed by atoms with van der Waals surface area (Å²) in [7, 11) is 0. The van der Waals surface area contributed by atoms with Gasteiger partial charge < -0.3 is 9.47 Å². The number of carbonyl (C=O) groups excluding carboxylic acids is 1. The van der Waals surface area contributed by atoms with Gasteiger partial charge in [-0.1, -0.05) is 13.0 Å². The number of hydrogen-bond donors (Lipinski definition) is 0. The zero-order valence-corrected chi connectivity index (χ0v) is 13.7. The highest BCUT2D eigenvalue weighted by Crippen LogP contribution is 2.32. The lowest BCUT2D eigenvalue weighted by atomic mass is 9.98. The SMILES string of the molecule is C=CCC(C)CC1COC(C)(C)N1C(=O)OC(C)(C)C. The molecule has 1 heterocycles. The van der Waals surface area contributed by atoms with Gasteiger partial charge >= 0.3 is 6.09 Å². The fourth-order valence-electron chi connectivity index (χ4n) is 2.58. The lowest BCUT2D eigenvalue weighted by Gasteiger charge is -2.35. The molecule has 0 aliphatic carbocycles. The molecule has 0 aromatic heterocycles. The third kappa shape index (κ3) is 4.51. The van der Waals surface area contributed by atoms with E-state index in [1.54, 1.807) is 4.90 Å². The van der Waals surface area contributed by atoms with Gasteiger partial charge in [0.1, 0.15) is 11.3 Å². The van der Waals surface area contributed by atoms with Gasteiger partial charge in [-0.15, -0.1) is 6.58 Å². The molecule has 1 rings (SSSR count). The van der Waals surface area contributed by atoms with Gasteiger partial charge in [0.2, 0.25) is 0 Å². The maximum absolute atomic E-state index is 12.4. The van der Waals surface area contributed by atoms with Crippen LogP contribution in [0.3, 0.4) is 0 Å². The molecule has 1 aliphatic rings.